The molecule has 1 saturated heterocycles. The summed E-state index contributed by atoms with van der Waals surface area (Å²) in [5, 5.41) is 2.60. The van der Waals surface area contributed by atoms with E-state index in [1.807, 2.05) is 0 Å². The van der Waals surface area contributed by atoms with E-state index in [-0.39, 0.29) is 6.10 Å². The van der Waals surface area contributed by atoms with E-state index in [9.17, 15) is 18.8 Å². The summed E-state index contributed by atoms with van der Waals surface area (Å²) < 4.78 is 18.7. The molecule has 27 heavy (non-hydrogen) atoms. The van der Waals surface area contributed by atoms with Crippen molar-refractivity contribution in [2.75, 3.05) is 6.54 Å². The Kier molecular flexibility index (Phi) is 5.77. The van der Waals surface area contributed by atoms with Crippen LogP contribution in [0.3, 0.4) is 0 Å². The SMILES string of the molecule is CC1(c2ccc(F)cc2)NC(=O)N(CC(=O)OC2CCCCCCC2)C1=O. The van der Waals surface area contributed by atoms with Gasteiger partial charge in [-0.05, 0) is 50.3 Å². The van der Waals surface area contributed by atoms with Crippen molar-refractivity contribution in [2.45, 2.75) is 63.5 Å². The van der Waals surface area contributed by atoms with Crippen molar-refractivity contribution in [3.05, 3.63) is 35.6 Å². The van der Waals surface area contributed by atoms with Gasteiger partial charge in [0.2, 0.25) is 0 Å². The quantitative estimate of drug-likeness (QED) is 0.647. The minimum atomic E-state index is -1.33. The molecule has 0 bridgehead atoms. The first kappa shape index (κ1) is 19.3. The highest BCUT2D eigenvalue weighted by Crippen LogP contribution is 2.29. The van der Waals surface area contributed by atoms with E-state index < -0.39 is 35.8 Å². The molecular weight excluding hydrogens is 351 g/mol. The topological polar surface area (TPSA) is 75.7 Å². The van der Waals surface area contributed by atoms with Crippen LogP contribution in [0, 0.1) is 5.82 Å². The van der Waals surface area contributed by atoms with Gasteiger partial charge in [-0.25, -0.2) is 9.18 Å². The lowest BCUT2D eigenvalue weighted by molar-refractivity contribution is -0.153. The number of imide groups is 1. The van der Waals surface area contributed by atoms with Gasteiger partial charge in [-0.3, -0.25) is 14.5 Å². The molecule has 146 valence electrons. The summed E-state index contributed by atoms with van der Waals surface area (Å²) in [7, 11) is 0. The maximum atomic E-state index is 13.2. The second-order valence-corrected chi connectivity index (χ2v) is 7.41. The van der Waals surface area contributed by atoms with Gasteiger partial charge in [-0.15, -0.1) is 0 Å². The van der Waals surface area contributed by atoms with Crippen molar-refractivity contribution >= 4 is 17.9 Å². The molecule has 1 aromatic rings. The van der Waals surface area contributed by atoms with Gasteiger partial charge in [0.25, 0.3) is 5.91 Å². The molecule has 0 aromatic heterocycles. The predicted molar refractivity (Wildman–Crippen MR) is 96.2 cm³/mol. The summed E-state index contributed by atoms with van der Waals surface area (Å²) in [5.41, 5.74) is -0.871. The molecule has 2 aliphatic rings. The number of ether oxygens (including phenoxy) is 1. The Labute approximate surface area is 158 Å². The molecule has 3 rings (SSSR count). The van der Waals surface area contributed by atoms with Gasteiger partial charge in [0, 0.05) is 0 Å². The number of carbonyl (C=O) groups is 3. The molecule has 1 heterocycles. The molecule has 0 radical (unpaired) electrons. The summed E-state index contributed by atoms with van der Waals surface area (Å²) >= 11 is 0. The van der Waals surface area contributed by atoms with E-state index in [0.29, 0.717) is 5.56 Å². The number of halogens is 1. The second-order valence-electron chi connectivity index (χ2n) is 7.41. The van der Waals surface area contributed by atoms with Crippen LogP contribution in [0.25, 0.3) is 0 Å². The first-order valence-corrected chi connectivity index (χ1v) is 9.50. The number of esters is 1. The molecule has 0 spiro atoms. The lowest BCUT2D eigenvalue weighted by atomic mass is 9.92. The first-order valence-electron chi connectivity index (χ1n) is 9.50. The van der Waals surface area contributed by atoms with Gasteiger partial charge in [0.05, 0.1) is 0 Å². The largest absolute Gasteiger partial charge is 0.461 e. The lowest BCUT2D eigenvalue weighted by Crippen LogP contribution is -2.42. The van der Waals surface area contributed by atoms with Crippen molar-refractivity contribution in [1.29, 1.82) is 0 Å². The number of hydrogen-bond acceptors (Lipinski definition) is 4. The summed E-state index contributed by atoms with van der Waals surface area (Å²) in [5.74, 6) is -1.56. The minimum absolute atomic E-state index is 0.151. The van der Waals surface area contributed by atoms with Crippen LogP contribution in [0.2, 0.25) is 0 Å². The standard InChI is InChI=1S/C20H25FN2O4/c1-20(14-9-11-15(21)12-10-14)18(25)23(19(26)22-20)13-17(24)27-16-7-5-3-2-4-6-8-16/h9-12,16H,2-8,13H2,1H3,(H,22,26). The van der Waals surface area contributed by atoms with Crippen molar-refractivity contribution < 1.29 is 23.5 Å². The Hall–Kier alpha value is -2.44. The Morgan fingerprint density at radius 3 is 2.37 bits per heavy atom. The molecule has 1 aliphatic carbocycles. The van der Waals surface area contributed by atoms with Crippen LogP contribution >= 0.6 is 0 Å². The maximum Gasteiger partial charge on any atom is 0.326 e. The highest BCUT2D eigenvalue weighted by atomic mass is 19.1. The fraction of sp³-hybridized carbons (Fsp3) is 0.550. The zero-order valence-corrected chi connectivity index (χ0v) is 15.5. The number of benzene rings is 1. The summed E-state index contributed by atoms with van der Waals surface area (Å²) in [6.45, 7) is 1.12. The van der Waals surface area contributed by atoms with E-state index in [0.717, 1.165) is 43.4 Å². The number of hydrogen-bond donors (Lipinski definition) is 1. The van der Waals surface area contributed by atoms with Crippen molar-refractivity contribution in [3.63, 3.8) is 0 Å². The van der Waals surface area contributed by atoms with Crippen LogP contribution in [0.4, 0.5) is 9.18 Å². The van der Waals surface area contributed by atoms with Crippen LogP contribution in [-0.4, -0.2) is 35.5 Å². The molecule has 1 aliphatic heterocycles. The molecule has 1 unspecified atom stereocenters. The number of carbonyl (C=O) groups excluding carboxylic acids is 3. The normalized spacial score (nSPS) is 24.3. The molecular formula is C20H25FN2O4. The van der Waals surface area contributed by atoms with Gasteiger partial charge >= 0.3 is 12.0 Å². The number of nitrogens with zero attached hydrogens (tertiary/aromatic N) is 1. The van der Waals surface area contributed by atoms with Gasteiger partial charge in [-0.1, -0.05) is 31.4 Å². The van der Waals surface area contributed by atoms with Crippen LogP contribution in [0.5, 0.6) is 0 Å². The van der Waals surface area contributed by atoms with Crippen molar-refractivity contribution in [3.8, 4) is 0 Å². The fourth-order valence-corrected chi connectivity index (χ4v) is 3.71. The highest BCUT2D eigenvalue weighted by Gasteiger charge is 2.49. The van der Waals surface area contributed by atoms with E-state index in [1.165, 1.54) is 30.7 Å². The van der Waals surface area contributed by atoms with Gasteiger partial charge in [0.15, 0.2) is 0 Å². The van der Waals surface area contributed by atoms with Crippen LogP contribution in [0.1, 0.15) is 57.4 Å². The van der Waals surface area contributed by atoms with Gasteiger partial charge in [-0.2, -0.15) is 0 Å². The van der Waals surface area contributed by atoms with Crippen LogP contribution < -0.4 is 5.32 Å². The lowest BCUT2D eigenvalue weighted by Gasteiger charge is -2.23. The smallest absolute Gasteiger partial charge is 0.326 e. The van der Waals surface area contributed by atoms with E-state index in [2.05, 4.69) is 5.32 Å². The van der Waals surface area contributed by atoms with E-state index >= 15 is 0 Å². The van der Waals surface area contributed by atoms with E-state index in [1.54, 1.807) is 6.92 Å². The van der Waals surface area contributed by atoms with Gasteiger partial charge < -0.3 is 10.1 Å². The third-order valence-corrected chi connectivity index (χ3v) is 5.33. The summed E-state index contributed by atoms with van der Waals surface area (Å²) in [6, 6.07) is 4.70. The molecule has 1 aromatic carbocycles. The Morgan fingerprint density at radius 1 is 1.15 bits per heavy atom. The first-order chi connectivity index (χ1) is 12.9. The third-order valence-electron chi connectivity index (χ3n) is 5.33. The zero-order chi connectivity index (χ0) is 19.4. The van der Waals surface area contributed by atoms with Crippen molar-refractivity contribution in [2.24, 2.45) is 0 Å². The Morgan fingerprint density at radius 2 is 1.74 bits per heavy atom. The highest BCUT2D eigenvalue weighted by molar-refractivity contribution is 6.08. The fourth-order valence-electron chi connectivity index (χ4n) is 3.71. The predicted octanol–water partition coefficient (Wildman–Crippen LogP) is 3.25. The second kappa shape index (κ2) is 8.06. The average Bonchev–Trinajstić information content (AvgIpc) is 2.82. The van der Waals surface area contributed by atoms with Crippen LogP contribution in [-0.2, 0) is 19.9 Å². The minimum Gasteiger partial charge on any atom is -0.461 e. The number of rotatable bonds is 4. The Bertz CT molecular complexity index is 713. The maximum absolute atomic E-state index is 13.2. The molecule has 1 saturated carbocycles. The van der Waals surface area contributed by atoms with Crippen LogP contribution in [0.15, 0.2) is 24.3 Å². The monoisotopic (exact) mass is 376 g/mol. The number of amides is 3. The molecule has 1 atom stereocenters. The van der Waals surface area contributed by atoms with E-state index in [4.69, 9.17) is 4.74 Å². The van der Waals surface area contributed by atoms with Crippen molar-refractivity contribution in [1.82, 2.24) is 10.2 Å². The molecule has 2 fully saturated rings. The molecule has 7 heteroatoms. The zero-order valence-electron chi connectivity index (χ0n) is 15.5. The summed E-state index contributed by atoms with van der Waals surface area (Å²) in [6.07, 6.45) is 7.01. The number of urea groups is 1. The van der Waals surface area contributed by atoms with Gasteiger partial charge in [0.1, 0.15) is 24.0 Å². The molecule has 3 amide bonds. The third kappa shape index (κ3) is 4.28. The Balaban J connectivity index is 1.64. The summed E-state index contributed by atoms with van der Waals surface area (Å²) in [4.78, 5) is 38.2. The average molecular weight is 376 g/mol. The molecule has 1 N–H and O–H groups in total. The number of nitrogens with one attached hydrogen (secondary N) is 1. The molecule has 6 nitrogen and oxygen atoms in total.